The molecule has 0 saturated heterocycles. The number of carbonyl (C=O) groups is 1. The monoisotopic (exact) mass is 216 g/mol. The molecule has 84 valence electrons. The Balaban J connectivity index is 2.31. The third-order valence-corrected chi connectivity index (χ3v) is 3.16. The van der Waals surface area contributed by atoms with Gasteiger partial charge in [-0.2, -0.15) is 0 Å². The third-order valence-electron chi connectivity index (χ3n) is 3.16. The Morgan fingerprint density at radius 3 is 3.06 bits per heavy atom. The van der Waals surface area contributed by atoms with Gasteiger partial charge >= 0.3 is 0 Å². The van der Waals surface area contributed by atoms with Gasteiger partial charge in [-0.3, -0.25) is 4.79 Å². The maximum Gasteiger partial charge on any atom is 0.166 e. The van der Waals surface area contributed by atoms with Crippen molar-refractivity contribution >= 4 is 5.78 Å². The second-order valence-electron chi connectivity index (χ2n) is 4.15. The normalized spacial score (nSPS) is 19.1. The molecule has 1 aliphatic carbocycles. The van der Waals surface area contributed by atoms with Crippen LogP contribution in [-0.2, 0) is 6.42 Å². The van der Waals surface area contributed by atoms with Crippen LogP contribution in [0.15, 0.2) is 30.9 Å². The Hall–Kier alpha value is -1.57. The van der Waals surface area contributed by atoms with Crippen molar-refractivity contribution in [3.63, 3.8) is 0 Å². The van der Waals surface area contributed by atoms with E-state index in [-0.39, 0.29) is 11.7 Å². The molecule has 1 aliphatic rings. The minimum atomic E-state index is 0.124. The lowest BCUT2D eigenvalue weighted by Gasteiger charge is -2.22. The molecule has 1 atom stereocenters. The number of rotatable bonds is 3. The first-order chi connectivity index (χ1) is 7.76. The molecule has 1 aromatic rings. The van der Waals surface area contributed by atoms with Crippen LogP contribution < -0.4 is 4.74 Å². The Bertz CT molecular complexity index is 421. The molecule has 0 spiro atoms. The van der Waals surface area contributed by atoms with E-state index in [9.17, 15) is 4.79 Å². The Morgan fingerprint density at radius 2 is 2.38 bits per heavy atom. The Morgan fingerprint density at radius 1 is 1.56 bits per heavy atom. The van der Waals surface area contributed by atoms with Crippen LogP contribution in [0.3, 0.4) is 0 Å². The molecule has 0 radical (unpaired) electrons. The van der Waals surface area contributed by atoms with E-state index in [2.05, 4.69) is 6.58 Å². The van der Waals surface area contributed by atoms with Gasteiger partial charge in [-0.15, -0.1) is 6.58 Å². The summed E-state index contributed by atoms with van der Waals surface area (Å²) < 4.78 is 5.16. The molecule has 0 bridgehead atoms. The largest absolute Gasteiger partial charge is 0.497 e. The SMILES string of the molecule is C=CC[C@@H]1CCc2cc(OC)ccc2C1=O. The molecule has 1 aromatic carbocycles. The lowest BCUT2D eigenvalue weighted by molar-refractivity contribution is 0.0903. The van der Waals surface area contributed by atoms with E-state index in [1.807, 2.05) is 24.3 Å². The molecule has 0 heterocycles. The van der Waals surface area contributed by atoms with Crippen molar-refractivity contribution in [3.8, 4) is 5.75 Å². The van der Waals surface area contributed by atoms with E-state index in [0.29, 0.717) is 0 Å². The van der Waals surface area contributed by atoms with Gasteiger partial charge in [0.25, 0.3) is 0 Å². The molecule has 0 aromatic heterocycles. The van der Waals surface area contributed by atoms with E-state index in [1.54, 1.807) is 7.11 Å². The fraction of sp³-hybridized carbons (Fsp3) is 0.357. The highest BCUT2D eigenvalue weighted by Gasteiger charge is 2.26. The number of ether oxygens (including phenoxy) is 1. The third kappa shape index (κ3) is 1.87. The zero-order valence-corrected chi connectivity index (χ0v) is 9.53. The smallest absolute Gasteiger partial charge is 0.166 e. The predicted octanol–water partition coefficient (Wildman–Crippen LogP) is 3.02. The second kappa shape index (κ2) is 4.52. The molecule has 2 rings (SSSR count). The van der Waals surface area contributed by atoms with Crippen LogP contribution in [0.1, 0.15) is 28.8 Å². The number of fused-ring (bicyclic) bond motifs is 1. The fourth-order valence-electron chi connectivity index (χ4n) is 2.25. The van der Waals surface area contributed by atoms with Gasteiger partial charge in [0, 0.05) is 11.5 Å². The molecule has 0 unspecified atom stereocenters. The number of hydrogen-bond acceptors (Lipinski definition) is 2. The highest BCUT2D eigenvalue weighted by molar-refractivity contribution is 6.00. The summed E-state index contributed by atoms with van der Waals surface area (Å²) in [6.45, 7) is 3.70. The van der Waals surface area contributed by atoms with Gasteiger partial charge in [0.15, 0.2) is 5.78 Å². The summed E-state index contributed by atoms with van der Waals surface area (Å²) in [6.07, 6.45) is 4.49. The quantitative estimate of drug-likeness (QED) is 0.726. The molecule has 0 fully saturated rings. The lowest BCUT2D eigenvalue weighted by atomic mass is 9.81. The van der Waals surface area contributed by atoms with Gasteiger partial charge in [0.1, 0.15) is 5.75 Å². The highest BCUT2D eigenvalue weighted by Crippen LogP contribution is 2.30. The number of carbonyl (C=O) groups excluding carboxylic acids is 1. The van der Waals surface area contributed by atoms with Gasteiger partial charge in [-0.25, -0.2) is 0 Å². The van der Waals surface area contributed by atoms with Crippen LogP contribution in [0.5, 0.6) is 5.75 Å². The van der Waals surface area contributed by atoms with Crippen molar-refractivity contribution in [2.75, 3.05) is 7.11 Å². The average Bonchev–Trinajstić information content (AvgIpc) is 2.32. The zero-order valence-electron chi connectivity index (χ0n) is 9.53. The zero-order chi connectivity index (χ0) is 11.5. The van der Waals surface area contributed by atoms with Gasteiger partial charge in [-0.1, -0.05) is 6.08 Å². The Labute approximate surface area is 95.9 Å². The molecule has 0 N–H and O–H groups in total. The summed E-state index contributed by atoms with van der Waals surface area (Å²) in [6, 6.07) is 5.70. The summed E-state index contributed by atoms with van der Waals surface area (Å²) >= 11 is 0. The standard InChI is InChI=1S/C14H16O2/c1-3-4-10-5-6-11-9-12(16-2)7-8-13(11)14(10)15/h3,7-10H,1,4-6H2,2H3/t10-/m1/s1. The van der Waals surface area contributed by atoms with Crippen molar-refractivity contribution in [1.82, 2.24) is 0 Å². The molecular formula is C14H16O2. The average molecular weight is 216 g/mol. The molecule has 0 amide bonds. The van der Waals surface area contributed by atoms with Crippen molar-refractivity contribution in [3.05, 3.63) is 42.0 Å². The van der Waals surface area contributed by atoms with E-state index < -0.39 is 0 Å². The molecule has 0 aliphatic heterocycles. The van der Waals surface area contributed by atoms with Crippen LogP contribution in [0, 0.1) is 5.92 Å². The minimum absolute atomic E-state index is 0.124. The summed E-state index contributed by atoms with van der Waals surface area (Å²) in [4.78, 5) is 12.1. The van der Waals surface area contributed by atoms with E-state index in [1.165, 1.54) is 0 Å². The molecule has 2 heteroatoms. The number of benzene rings is 1. The van der Waals surface area contributed by atoms with Crippen LogP contribution in [-0.4, -0.2) is 12.9 Å². The summed E-state index contributed by atoms with van der Waals surface area (Å²) in [5.41, 5.74) is 1.98. The first kappa shape index (κ1) is 10.9. The topological polar surface area (TPSA) is 26.3 Å². The first-order valence-corrected chi connectivity index (χ1v) is 5.58. The van der Waals surface area contributed by atoms with Gasteiger partial charge in [-0.05, 0) is 43.0 Å². The molecule has 2 nitrogen and oxygen atoms in total. The maximum atomic E-state index is 12.1. The minimum Gasteiger partial charge on any atom is -0.497 e. The van der Waals surface area contributed by atoms with Crippen LogP contribution >= 0.6 is 0 Å². The van der Waals surface area contributed by atoms with Crippen molar-refractivity contribution in [2.24, 2.45) is 5.92 Å². The summed E-state index contributed by atoms with van der Waals surface area (Å²) in [5.74, 6) is 1.20. The van der Waals surface area contributed by atoms with E-state index in [0.717, 1.165) is 36.1 Å². The van der Waals surface area contributed by atoms with Crippen LogP contribution in [0.4, 0.5) is 0 Å². The van der Waals surface area contributed by atoms with Crippen molar-refractivity contribution < 1.29 is 9.53 Å². The lowest BCUT2D eigenvalue weighted by Crippen LogP contribution is -2.22. The van der Waals surface area contributed by atoms with Crippen molar-refractivity contribution in [2.45, 2.75) is 19.3 Å². The fourth-order valence-corrected chi connectivity index (χ4v) is 2.25. The predicted molar refractivity (Wildman–Crippen MR) is 63.9 cm³/mol. The van der Waals surface area contributed by atoms with Crippen LogP contribution in [0.25, 0.3) is 0 Å². The highest BCUT2D eigenvalue weighted by atomic mass is 16.5. The number of Topliss-reactive ketones (excluding diaryl/α,β-unsaturated/α-hetero) is 1. The maximum absolute atomic E-state index is 12.1. The van der Waals surface area contributed by atoms with Gasteiger partial charge < -0.3 is 4.74 Å². The molecule has 16 heavy (non-hydrogen) atoms. The van der Waals surface area contributed by atoms with E-state index in [4.69, 9.17) is 4.74 Å². The summed E-state index contributed by atoms with van der Waals surface area (Å²) in [7, 11) is 1.65. The van der Waals surface area contributed by atoms with Crippen molar-refractivity contribution in [1.29, 1.82) is 0 Å². The summed E-state index contributed by atoms with van der Waals surface area (Å²) in [5, 5.41) is 0. The number of hydrogen-bond donors (Lipinski definition) is 0. The molecular weight excluding hydrogens is 200 g/mol. The number of allylic oxidation sites excluding steroid dienone is 1. The number of methoxy groups -OCH3 is 1. The van der Waals surface area contributed by atoms with Gasteiger partial charge in [0.05, 0.1) is 7.11 Å². The number of ketones is 1. The number of aryl methyl sites for hydroxylation is 1. The Kier molecular flexibility index (Phi) is 3.09. The van der Waals surface area contributed by atoms with E-state index >= 15 is 0 Å². The van der Waals surface area contributed by atoms with Gasteiger partial charge in [0.2, 0.25) is 0 Å². The second-order valence-corrected chi connectivity index (χ2v) is 4.15. The van der Waals surface area contributed by atoms with Crippen LogP contribution in [0.2, 0.25) is 0 Å². The molecule has 0 saturated carbocycles. The first-order valence-electron chi connectivity index (χ1n) is 5.58.